The van der Waals surface area contributed by atoms with Crippen LogP contribution in [0.15, 0.2) is 29.4 Å². The summed E-state index contributed by atoms with van der Waals surface area (Å²) in [6.45, 7) is -2.69. The molecule has 2 rings (SSSR count). The quantitative estimate of drug-likeness (QED) is 0.436. The number of hydrogen-bond donors (Lipinski definition) is 0. The Morgan fingerprint density at radius 3 is 2.42 bits per heavy atom. The van der Waals surface area contributed by atoms with E-state index >= 15 is 0 Å². The van der Waals surface area contributed by atoms with Gasteiger partial charge in [0.25, 0.3) is 0 Å². The smallest absolute Gasteiger partial charge is 0.435 e. The average molecular weight is 401 g/mol. The molecular formula is C13H12F5N3O4S. The number of rotatable bonds is 5. The van der Waals surface area contributed by atoms with Gasteiger partial charge in [-0.05, 0) is 13.0 Å². The summed E-state index contributed by atoms with van der Waals surface area (Å²) < 4.78 is 94.4. The van der Waals surface area contributed by atoms with Gasteiger partial charge in [-0.1, -0.05) is 0 Å². The molecule has 0 fully saturated rings. The highest BCUT2D eigenvalue weighted by Crippen LogP contribution is 2.42. The van der Waals surface area contributed by atoms with E-state index in [0.29, 0.717) is 4.68 Å². The Morgan fingerprint density at radius 2 is 1.92 bits per heavy atom. The molecule has 144 valence electrons. The summed E-state index contributed by atoms with van der Waals surface area (Å²) in [6.07, 6.45) is -4.30. The molecule has 0 aliphatic heterocycles. The number of sulfone groups is 1. The van der Waals surface area contributed by atoms with Crippen LogP contribution < -0.4 is 9.47 Å². The fourth-order valence-electron chi connectivity index (χ4n) is 2.29. The Labute approximate surface area is 144 Å². The summed E-state index contributed by atoms with van der Waals surface area (Å²) in [7, 11) is -3.78. The minimum Gasteiger partial charge on any atom is -0.618 e. The van der Waals surface area contributed by atoms with Gasteiger partial charge < -0.3 is 9.94 Å². The summed E-state index contributed by atoms with van der Waals surface area (Å²) in [6, 6.07) is 3.29. The van der Waals surface area contributed by atoms with Gasteiger partial charge >= 0.3 is 17.8 Å². The van der Waals surface area contributed by atoms with Crippen LogP contribution in [0, 0.1) is 5.21 Å². The molecule has 0 saturated carbocycles. The van der Waals surface area contributed by atoms with Crippen molar-refractivity contribution >= 4 is 9.84 Å². The van der Waals surface area contributed by atoms with E-state index in [1.807, 2.05) is 0 Å². The zero-order valence-electron chi connectivity index (χ0n) is 13.2. The second kappa shape index (κ2) is 6.70. The number of aryl methyl sites for hydroxylation is 1. The number of hydrogen-bond acceptors (Lipinski definition) is 5. The van der Waals surface area contributed by atoms with Gasteiger partial charge in [-0.2, -0.15) is 31.8 Å². The Bertz CT molecular complexity index is 911. The van der Waals surface area contributed by atoms with Crippen molar-refractivity contribution in [2.45, 2.75) is 30.0 Å². The number of alkyl halides is 5. The van der Waals surface area contributed by atoms with Crippen LogP contribution in [-0.2, 0) is 23.1 Å². The van der Waals surface area contributed by atoms with Crippen LogP contribution in [0.5, 0.6) is 5.88 Å². The first-order chi connectivity index (χ1) is 11.9. The van der Waals surface area contributed by atoms with Crippen molar-refractivity contribution in [3.63, 3.8) is 0 Å². The summed E-state index contributed by atoms with van der Waals surface area (Å²) >= 11 is 0. The minimum atomic E-state index is -5.13. The van der Waals surface area contributed by atoms with Gasteiger partial charge in [0.15, 0.2) is 11.9 Å². The van der Waals surface area contributed by atoms with E-state index in [1.54, 1.807) is 0 Å². The highest BCUT2D eigenvalue weighted by Gasteiger charge is 2.45. The molecule has 0 spiro atoms. The van der Waals surface area contributed by atoms with E-state index in [4.69, 9.17) is 0 Å². The van der Waals surface area contributed by atoms with Gasteiger partial charge in [0.1, 0.15) is 5.25 Å². The van der Waals surface area contributed by atoms with Crippen molar-refractivity contribution in [2.24, 2.45) is 7.05 Å². The monoisotopic (exact) mass is 401 g/mol. The molecule has 0 radical (unpaired) electrons. The summed E-state index contributed by atoms with van der Waals surface area (Å²) in [5.41, 5.74) is -2.80. The van der Waals surface area contributed by atoms with E-state index in [0.717, 1.165) is 26.2 Å². The van der Waals surface area contributed by atoms with E-state index in [2.05, 4.69) is 9.84 Å². The lowest BCUT2D eigenvalue weighted by atomic mass is 10.2. The molecule has 7 nitrogen and oxygen atoms in total. The van der Waals surface area contributed by atoms with Crippen LogP contribution in [0.4, 0.5) is 22.0 Å². The number of ether oxygens (including phenoxy) is 1. The zero-order valence-corrected chi connectivity index (χ0v) is 14.1. The third-order valence-corrected chi connectivity index (χ3v) is 5.52. The van der Waals surface area contributed by atoms with Gasteiger partial charge in [0.2, 0.25) is 15.7 Å². The molecule has 2 heterocycles. The molecule has 0 aliphatic carbocycles. The third kappa shape index (κ3) is 3.57. The molecule has 26 heavy (non-hydrogen) atoms. The second-order valence-electron chi connectivity index (χ2n) is 5.12. The van der Waals surface area contributed by atoms with Crippen LogP contribution in [0.25, 0.3) is 0 Å². The summed E-state index contributed by atoms with van der Waals surface area (Å²) in [5, 5.41) is 11.9. The molecular weight excluding hydrogens is 389 g/mol. The van der Waals surface area contributed by atoms with E-state index in [9.17, 15) is 35.6 Å². The molecule has 2 aromatic heterocycles. The lowest BCUT2D eigenvalue weighted by Gasteiger charge is -2.16. The van der Waals surface area contributed by atoms with E-state index < -0.39 is 50.0 Å². The normalized spacial score (nSPS) is 13.8. The SMILES string of the molecule is CC(c1c(C(F)(F)F)nn(C)c1OC(F)F)S(=O)(=O)c1cccc[n+]1[O-]. The largest absolute Gasteiger partial charge is 0.618 e. The number of nitrogens with zero attached hydrogens (tertiary/aromatic N) is 3. The zero-order chi connectivity index (χ0) is 19.9. The van der Waals surface area contributed by atoms with Gasteiger partial charge in [-0.3, -0.25) is 0 Å². The highest BCUT2D eigenvalue weighted by molar-refractivity contribution is 7.91. The Hall–Kier alpha value is -2.44. The third-order valence-electron chi connectivity index (χ3n) is 3.45. The maximum Gasteiger partial charge on any atom is 0.435 e. The topological polar surface area (TPSA) is 88.1 Å². The molecule has 2 aromatic rings. The fourth-order valence-corrected chi connectivity index (χ4v) is 3.76. The molecule has 0 N–H and O–H groups in total. The second-order valence-corrected chi connectivity index (χ2v) is 7.33. The molecule has 0 saturated heterocycles. The van der Waals surface area contributed by atoms with Crippen molar-refractivity contribution in [1.82, 2.24) is 9.78 Å². The van der Waals surface area contributed by atoms with Crippen molar-refractivity contribution in [3.8, 4) is 5.88 Å². The summed E-state index contributed by atoms with van der Waals surface area (Å²) in [4.78, 5) is 0. The Kier molecular flexibility index (Phi) is 5.12. The van der Waals surface area contributed by atoms with Crippen molar-refractivity contribution < 1.29 is 39.8 Å². The van der Waals surface area contributed by atoms with Crippen molar-refractivity contribution in [1.29, 1.82) is 0 Å². The first-order valence-corrected chi connectivity index (χ1v) is 8.43. The molecule has 0 aromatic carbocycles. The van der Waals surface area contributed by atoms with Crippen LogP contribution in [0.3, 0.4) is 0 Å². The van der Waals surface area contributed by atoms with E-state index in [1.165, 1.54) is 12.1 Å². The number of halogens is 5. The number of pyridine rings is 1. The molecule has 0 bridgehead atoms. The van der Waals surface area contributed by atoms with Crippen LogP contribution in [-0.4, -0.2) is 24.8 Å². The fraction of sp³-hybridized carbons (Fsp3) is 0.385. The predicted molar refractivity (Wildman–Crippen MR) is 75.8 cm³/mol. The molecule has 0 aliphatic rings. The molecule has 1 unspecified atom stereocenters. The van der Waals surface area contributed by atoms with Gasteiger partial charge in [-0.15, -0.1) is 0 Å². The lowest BCUT2D eigenvalue weighted by Crippen LogP contribution is -2.34. The molecule has 0 amide bonds. The standard InChI is InChI=1S/C13H12F5N3O4S/c1-7(26(23,24)8-5-3-4-6-21(8)22)9-10(13(16,17)18)19-20(2)11(9)25-12(14)15/h3-7,12H,1-2H3. The predicted octanol–water partition coefficient (Wildman–Crippen LogP) is 2.21. The van der Waals surface area contributed by atoms with Crippen LogP contribution >= 0.6 is 0 Å². The average Bonchev–Trinajstić information content (AvgIpc) is 2.83. The highest BCUT2D eigenvalue weighted by atomic mass is 32.2. The lowest BCUT2D eigenvalue weighted by molar-refractivity contribution is -0.646. The Morgan fingerprint density at radius 1 is 1.31 bits per heavy atom. The van der Waals surface area contributed by atoms with Crippen molar-refractivity contribution in [3.05, 3.63) is 40.9 Å². The maximum absolute atomic E-state index is 13.2. The van der Waals surface area contributed by atoms with Crippen LogP contribution in [0.1, 0.15) is 23.4 Å². The first-order valence-electron chi connectivity index (χ1n) is 6.88. The Balaban J connectivity index is 2.71. The maximum atomic E-state index is 13.2. The van der Waals surface area contributed by atoms with Crippen LogP contribution in [0.2, 0.25) is 0 Å². The van der Waals surface area contributed by atoms with E-state index in [-0.39, 0.29) is 4.73 Å². The van der Waals surface area contributed by atoms with Gasteiger partial charge in [-0.25, -0.2) is 13.1 Å². The first kappa shape index (κ1) is 19.9. The van der Waals surface area contributed by atoms with Gasteiger partial charge in [0.05, 0.1) is 5.56 Å². The minimum absolute atomic E-state index is 0.0525. The van der Waals surface area contributed by atoms with Gasteiger partial charge in [0, 0.05) is 19.2 Å². The number of aromatic nitrogens is 3. The summed E-state index contributed by atoms with van der Waals surface area (Å²) in [5.74, 6) is -1.06. The van der Waals surface area contributed by atoms with Crippen molar-refractivity contribution in [2.75, 3.05) is 0 Å². The molecule has 1 atom stereocenters. The molecule has 13 heteroatoms.